The zero-order valence-corrected chi connectivity index (χ0v) is 21.5. The second-order valence-electron chi connectivity index (χ2n) is 10.6. The predicted molar refractivity (Wildman–Crippen MR) is 144 cm³/mol. The molecular weight excluding hydrogens is 468 g/mol. The molecule has 0 radical (unpaired) electrons. The SMILES string of the molecule is Cc1cc(-c2cnn3c(NCC4CCOCC4)cc(NC4CCOCC4)nc23)ccc1NC(=O)C1CC1. The van der Waals surface area contributed by atoms with Gasteiger partial charge < -0.3 is 25.4 Å². The Kier molecular flexibility index (Phi) is 6.97. The average molecular weight is 505 g/mol. The first kappa shape index (κ1) is 24.2. The van der Waals surface area contributed by atoms with Gasteiger partial charge in [0.2, 0.25) is 5.91 Å². The lowest BCUT2D eigenvalue weighted by atomic mass is 10.0. The van der Waals surface area contributed by atoms with Crippen molar-refractivity contribution in [3.8, 4) is 11.1 Å². The molecule has 0 bridgehead atoms. The van der Waals surface area contributed by atoms with Crippen molar-refractivity contribution in [1.29, 1.82) is 0 Å². The number of fused-ring (bicyclic) bond motifs is 1. The molecule has 3 N–H and O–H groups in total. The topological polar surface area (TPSA) is 102 Å². The van der Waals surface area contributed by atoms with Crippen LogP contribution in [0.15, 0.2) is 30.5 Å². The molecule has 1 amide bonds. The lowest BCUT2D eigenvalue weighted by Gasteiger charge is -2.25. The molecule has 2 aromatic heterocycles. The number of hydrogen-bond acceptors (Lipinski definition) is 7. The Bertz CT molecular complexity index is 1260. The van der Waals surface area contributed by atoms with Crippen molar-refractivity contribution in [2.45, 2.75) is 51.5 Å². The number of ether oxygens (including phenoxy) is 2. The molecule has 196 valence electrons. The van der Waals surface area contributed by atoms with Gasteiger partial charge in [0.1, 0.15) is 11.6 Å². The lowest BCUT2D eigenvalue weighted by molar-refractivity contribution is -0.117. The minimum Gasteiger partial charge on any atom is -0.381 e. The molecule has 6 rings (SSSR count). The fourth-order valence-corrected chi connectivity index (χ4v) is 5.17. The van der Waals surface area contributed by atoms with Gasteiger partial charge in [-0.2, -0.15) is 9.61 Å². The summed E-state index contributed by atoms with van der Waals surface area (Å²) in [6.07, 6.45) is 7.95. The number of aryl methyl sites for hydroxylation is 1. The number of carbonyl (C=O) groups excluding carboxylic acids is 1. The van der Waals surface area contributed by atoms with Gasteiger partial charge in [0.15, 0.2) is 5.65 Å². The third kappa shape index (κ3) is 5.57. The third-order valence-electron chi connectivity index (χ3n) is 7.70. The van der Waals surface area contributed by atoms with Crippen LogP contribution >= 0.6 is 0 Å². The lowest BCUT2D eigenvalue weighted by Crippen LogP contribution is -2.28. The van der Waals surface area contributed by atoms with Gasteiger partial charge in [-0.1, -0.05) is 6.07 Å². The van der Waals surface area contributed by atoms with Crippen LogP contribution in [0, 0.1) is 18.8 Å². The number of hydrogen-bond donors (Lipinski definition) is 3. The van der Waals surface area contributed by atoms with Gasteiger partial charge in [0.05, 0.1) is 6.20 Å². The number of rotatable bonds is 8. The Morgan fingerprint density at radius 1 is 1.03 bits per heavy atom. The van der Waals surface area contributed by atoms with E-state index in [2.05, 4.69) is 28.1 Å². The van der Waals surface area contributed by atoms with E-state index in [9.17, 15) is 4.79 Å². The van der Waals surface area contributed by atoms with Crippen LogP contribution in [0.4, 0.5) is 17.3 Å². The van der Waals surface area contributed by atoms with Gasteiger partial charge in [-0.05, 0) is 74.6 Å². The Balaban J connectivity index is 1.30. The van der Waals surface area contributed by atoms with E-state index in [4.69, 9.17) is 19.6 Å². The van der Waals surface area contributed by atoms with E-state index in [0.29, 0.717) is 12.0 Å². The molecule has 3 fully saturated rings. The predicted octanol–water partition coefficient (Wildman–Crippen LogP) is 4.48. The normalized spacial score (nSPS) is 19.2. The van der Waals surface area contributed by atoms with E-state index in [-0.39, 0.29) is 11.8 Å². The first-order valence-electron chi connectivity index (χ1n) is 13.6. The van der Waals surface area contributed by atoms with Crippen molar-refractivity contribution in [1.82, 2.24) is 14.6 Å². The molecule has 2 saturated heterocycles. The summed E-state index contributed by atoms with van der Waals surface area (Å²) >= 11 is 0. The van der Waals surface area contributed by atoms with Gasteiger partial charge in [0.25, 0.3) is 0 Å². The van der Waals surface area contributed by atoms with Gasteiger partial charge in [0, 0.05) is 62.2 Å². The molecule has 1 saturated carbocycles. The van der Waals surface area contributed by atoms with E-state index in [1.54, 1.807) is 0 Å². The first-order chi connectivity index (χ1) is 18.1. The van der Waals surface area contributed by atoms with Crippen LogP contribution < -0.4 is 16.0 Å². The summed E-state index contributed by atoms with van der Waals surface area (Å²) in [5, 5.41) is 15.1. The van der Waals surface area contributed by atoms with Crippen LogP contribution in [0.3, 0.4) is 0 Å². The molecule has 4 heterocycles. The van der Waals surface area contributed by atoms with Gasteiger partial charge in [-0.25, -0.2) is 4.98 Å². The second-order valence-corrected chi connectivity index (χ2v) is 10.6. The quantitative estimate of drug-likeness (QED) is 0.416. The molecule has 1 aliphatic carbocycles. The highest BCUT2D eigenvalue weighted by Crippen LogP contribution is 2.33. The first-order valence-corrected chi connectivity index (χ1v) is 13.6. The smallest absolute Gasteiger partial charge is 0.227 e. The number of benzene rings is 1. The molecule has 0 unspecified atom stereocenters. The van der Waals surface area contributed by atoms with Crippen LogP contribution in [0.25, 0.3) is 16.8 Å². The highest BCUT2D eigenvalue weighted by molar-refractivity contribution is 5.95. The molecular formula is C28H36N6O3. The third-order valence-corrected chi connectivity index (χ3v) is 7.70. The molecule has 9 nitrogen and oxygen atoms in total. The average Bonchev–Trinajstić information content (AvgIpc) is 3.69. The maximum Gasteiger partial charge on any atom is 0.227 e. The van der Waals surface area contributed by atoms with Gasteiger partial charge >= 0.3 is 0 Å². The van der Waals surface area contributed by atoms with E-state index in [0.717, 1.165) is 111 Å². The summed E-state index contributed by atoms with van der Waals surface area (Å²) in [5.74, 6) is 2.66. The van der Waals surface area contributed by atoms with E-state index in [1.807, 2.05) is 29.8 Å². The Morgan fingerprint density at radius 2 is 1.78 bits per heavy atom. The number of amides is 1. The maximum atomic E-state index is 12.3. The number of carbonyl (C=O) groups is 1. The number of nitrogens with one attached hydrogen (secondary N) is 3. The van der Waals surface area contributed by atoms with Crippen molar-refractivity contribution in [3.63, 3.8) is 0 Å². The summed E-state index contributed by atoms with van der Waals surface area (Å²) in [4.78, 5) is 17.3. The fourth-order valence-electron chi connectivity index (χ4n) is 5.17. The summed E-state index contributed by atoms with van der Waals surface area (Å²) in [6.45, 7) is 6.12. The number of aromatic nitrogens is 3. The molecule has 9 heteroatoms. The van der Waals surface area contributed by atoms with Crippen LogP contribution in [0.2, 0.25) is 0 Å². The Labute approximate surface area is 217 Å². The summed E-state index contributed by atoms with van der Waals surface area (Å²) in [6, 6.07) is 8.55. The minimum absolute atomic E-state index is 0.123. The van der Waals surface area contributed by atoms with Gasteiger partial charge in [-0.15, -0.1) is 0 Å². The molecule has 2 aliphatic heterocycles. The van der Waals surface area contributed by atoms with Crippen molar-refractivity contribution >= 4 is 28.9 Å². The molecule has 37 heavy (non-hydrogen) atoms. The minimum atomic E-state index is 0.123. The Morgan fingerprint density at radius 3 is 2.51 bits per heavy atom. The Hall–Kier alpha value is -3.17. The number of anilines is 3. The molecule has 0 atom stereocenters. The van der Waals surface area contributed by atoms with E-state index < -0.39 is 0 Å². The van der Waals surface area contributed by atoms with E-state index >= 15 is 0 Å². The van der Waals surface area contributed by atoms with Crippen molar-refractivity contribution < 1.29 is 14.3 Å². The summed E-state index contributed by atoms with van der Waals surface area (Å²) < 4.78 is 13.0. The van der Waals surface area contributed by atoms with Crippen LogP contribution in [0.5, 0.6) is 0 Å². The highest BCUT2D eigenvalue weighted by Gasteiger charge is 2.30. The molecule has 0 spiro atoms. The standard InChI is InChI=1S/C28H36N6O3/c1-18-14-21(4-5-24(18)32-28(35)20-2-3-20)23-17-30-34-26(29-16-19-6-10-36-11-7-19)15-25(33-27(23)34)31-22-8-12-37-13-9-22/h4-5,14-15,17,19-20,22,29H,2-3,6-13,16H2,1H3,(H,31,33)(H,32,35). The van der Waals surface area contributed by atoms with Crippen LogP contribution in [-0.2, 0) is 14.3 Å². The van der Waals surface area contributed by atoms with Gasteiger partial charge in [-0.3, -0.25) is 4.79 Å². The van der Waals surface area contributed by atoms with Crippen molar-refractivity contribution in [2.24, 2.45) is 11.8 Å². The second kappa shape index (κ2) is 10.7. The molecule has 3 aromatic rings. The van der Waals surface area contributed by atoms with Crippen molar-refractivity contribution in [3.05, 3.63) is 36.0 Å². The van der Waals surface area contributed by atoms with E-state index in [1.165, 1.54) is 0 Å². The van der Waals surface area contributed by atoms with Crippen LogP contribution in [-0.4, -0.2) is 59.5 Å². The van der Waals surface area contributed by atoms with Crippen LogP contribution in [0.1, 0.15) is 44.1 Å². The highest BCUT2D eigenvalue weighted by atomic mass is 16.5. The molecule has 3 aliphatic rings. The summed E-state index contributed by atoms with van der Waals surface area (Å²) in [5.41, 5.74) is 4.70. The monoisotopic (exact) mass is 504 g/mol. The summed E-state index contributed by atoms with van der Waals surface area (Å²) in [7, 11) is 0. The maximum absolute atomic E-state index is 12.3. The van der Waals surface area contributed by atoms with Crippen molar-refractivity contribution in [2.75, 3.05) is 48.9 Å². The zero-order chi connectivity index (χ0) is 25.2. The zero-order valence-electron chi connectivity index (χ0n) is 21.5. The molecule has 1 aromatic carbocycles. The largest absolute Gasteiger partial charge is 0.381 e. The fraction of sp³-hybridized carbons (Fsp3) is 0.536. The number of nitrogens with zero attached hydrogens (tertiary/aromatic N) is 3.